The highest BCUT2D eigenvalue weighted by molar-refractivity contribution is 5.30. The fourth-order valence-corrected chi connectivity index (χ4v) is 2.08. The van der Waals surface area contributed by atoms with Crippen LogP contribution in [0.15, 0.2) is 6.33 Å². The van der Waals surface area contributed by atoms with Crippen LogP contribution in [0.4, 0.5) is 0 Å². The summed E-state index contributed by atoms with van der Waals surface area (Å²) in [6.45, 7) is 0. The van der Waals surface area contributed by atoms with Gasteiger partial charge in [0.2, 0.25) is 0 Å². The summed E-state index contributed by atoms with van der Waals surface area (Å²) in [4.78, 5) is 4.31. The van der Waals surface area contributed by atoms with Crippen LogP contribution in [0.1, 0.15) is 43.0 Å². The van der Waals surface area contributed by atoms with Crippen LogP contribution >= 0.6 is 0 Å². The average Bonchev–Trinajstić information content (AvgIpc) is 2.71. The number of nitrogens with zero attached hydrogens (tertiary/aromatic N) is 3. The molecule has 1 aromatic rings. The molecule has 0 spiro atoms. The first-order chi connectivity index (χ1) is 6.33. The Kier molecular flexibility index (Phi) is 2.05. The number of rotatable bonds is 1. The van der Waals surface area contributed by atoms with Crippen molar-refractivity contribution in [3.8, 4) is 6.07 Å². The minimum atomic E-state index is 0.538. The van der Waals surface area contributed by atoms with E-state index >= 15 is 0 Å². The van der Waals surface area contributed by atoms with Gasteiger partial charge in [-0.25, -0.2) is 4.98 Å². The third-order valence-corrected chi connectivity index (χ3v) is 2.81. The van der Waals surface area contributed by atoms with Crippen molar-refractivity contribution >= 4 is 0 Å². The standard InChI is InChI=1S/C10H13N3/c1-13-7-12-10(9(13)6-11)8-4-2-3-5-8/h7-8H,2-5H2,1H3. The summed E-state index contributed by atoms with van der Waals surface area (Å²) in [5, 5.41) is 8.94. The SMILES string of the molecule is Cn1cnc(C2CCCC2)c1C#N. The van der Waals surface area contributed by atoms with Gasteiger partial charge in [-0.2, -0.15) is 5.26 Å². The normalized spacial score (nSPS) is 17.5. The lowest BCUT2D eigenvalue weighted by molar-refractivity contribution is 0.698. The second kappa shape index (κ2) is 3.21. The number of imidazole rings is 1. The quantitative estimate of drug-likeness (QED) is 0.654. The molecule has 0 amide bonds. The van der Waals surface area contributed by atoms with Crippen LogP contribution in [0.3, 0.4) is 0 Å². The maximum absolute atomic E-state index is 8.94. The molecule has 68 valence electrons. The highest BCUT2D eigenvalue weighted by Crippen LogP contribution is 2.34. The number of nitriles is 1. The van der Waals surface area contributed by atoms with Crippen molar-refractivity contribution < 1.29 is 0 Å². The van der Waals surface area contributed by atoms with E-state index in [0.717, 1.165) is 11.4 Å². The predicted octanol–water partition coefficient (Wildman–Crippen LogP) is 1.95. The van der Waals surface area contributed by atoms with Crippen LogP contribution in [-0.4, -0.2) is 9.55 Å². The van der Waals surface area contributed by atoms with Crippen LogP contribution in [0, 0.1) is 11.3 Å². The molecule has 0 radical (unpaired) electrons. The fraction of sp³-hybridized carbons (Fsp3) is 0.600. The molecule has 2 rings (SSSR count). The Labute approximate surface area is 78.0 Å². The average molecular weight is 175 g/mol. The maximum Gasteiger partial charge on any atom is 0.143 e. The fourth-order valence-electron chi connectivity index (χ4n) is 2.08. The van der Waals surface area contributed by atoms with Gasteiger partial charge < -0.3 is 4.57 Å². The number of aromatic nitrogens is 2. The molecule has 0 unspecified atom stereocenters. The molecule has 0 atom stereocenters. The molecule has 1 aliphatic carbocycles. The molecular weight excluding hydrogens is 162 g/mol. The van der Waals surface area contributed by atoms with Gasteiger partial charge in [0.25, 0.3) is 0 Å². The van der Waals surface area contributed by atoms with Crippen LogP contribution in [0.25, 0.3) is 0 Å². The van der Waals surface area contributed by atoms with Crippen molar-refractivity contribution in [1.29, 1.82) is 5.26 Å². The Bertz CT molecular complexity index is 340. The van der Waals surface area contributed by atoms with Crippen molar-refractivity contribution in [2.45, 2.75) is 31.6 Å². The first-order valence-electron chi connectivity index (χ1n) is 4.74. The van der Waals surface area contributed by atoms with E-state index in [1.165, 1.54) is 25.7 Å². The third-order valence-electron chi connectivity index (χ3n) is 2.81. The van der Waals surface area contributed by atoms with Crippen LogP contribution in [0.5, 0.6) is 0 Å². The van der Waals surface area contributed by atoms with E-state index in [2.05, 4.69) is 11.1 Å². The largest absolute Gasteiger partial charge is 0.325 e. The van der Waals surface area contributed by atoms with E-state index in [1.54, 1.807) is 6.33 Å². The summed E-state index contributed by atoms with van der Waals surface area (Å²) >= 11 is 0. The van der Waals surface area contributed by atoms with Gasteiger partial charge >= 0.3 is 0 Å². The maximum atomic E-state index is 8.94. The molecule has 0 aliphatic heterocycles. The molecule has 1 aliphatic rings. The van der Waals surface area contributed by atoms with Crippen molar-refractivity contribution in [3.63, 3.8) is 0 Å². The third kappa shape index (κ3) is 1.33. The molecule has 0 N–H and O–H groups in total. The Morgan fingerprint density at radius 2 is 2.23 bits per heavy atom. The van der Waals surface area contributed by atoms with E-state index in [9.17, 15) is 0 Å². The lowest BCUT2D eigenvalue weighted by Gasteiger charge is -2.05. The zero-order valence-corrected chi connectivity index (χ0v) is 7.82. The Balaban J connectivity index is 2.34. The minimum Gasteiger partial charge on any atom is -0.325 e. The van der Waals surface area contributed by atoms with E-state index in [1.807, 2.05) is 11.6 Å². The molecule has 13 heavy (non-hydrogen) atoms. The van der Waals surface area contributed by atoms with Crippen LogP contribution in [-0.2, 0) is 7.05 Å². The van der Waals surface area contributed by atoms with Gasteiger partial charge in [-0.3, -0.25) is 0 Å². The van der Waals surface area contributed by atoms with Crippen molar-refractivity contribution in [3.05, 3.63) is 17.7 Å². The molecule has 0 aromatic carbocycles. The molecule has 0 bridgehead atoms. The lowest BCUT2D eigenvalue weighted by Crippen LogP contribution is -1.98. The molecule has 0 saturated heterocycles. The zero-order chi connectivity index (χ0) is 9.26. The molecule has 1 fully saturated rings. The molecular formula is C10H13N3. The zero-order valence-electron chi connectivity index (χ0n) is 7.82. The highest BCUT2D eigenvalue weighted by Gasteiger charge is 2.22. The Hall–Kier alpha value is -1.30. The van der Waals surface area contributed by atoms with Crippen LogP contribution < -0.4 is 0 Å². The minimum absolute atomic E-state index is 0.538. The van der Waals surface area contributed by atoms with Crippen molar-refractivity contribution in [2.75, 3.05) is 0 Å². The number of aryl methyl sites for hydroxylation is 1. The van der Waals surface area contributed by atoms with E-state index in [4.69, 9.17) is 5.26 Å². The van der Waals surface area contributed by atoms with E-state index < -0.39 is 0 Å². The monoisotopic (exact) mass is 175 g/mol. The molecule has 1 heterocycles. The summed E-state index contributed by atoms with van der Waals surface area (Å²) < 4.78 is 1.81. The first kappa shape index (κ1) is 8.31. The van der Waals surface area contributed by atoms with Gasteiger partial charge in [0.05, 0.1) is 12.0 Å². The predicted molar refractivity (Wildman–Crippen MR) is 49.1 cm³/mol. The number of hydrogen-bond donors (Lipinski definition) is 0. The van der Waals surface area contributed by atoms with Gasteiger partial charge in [0, 0.05) is 13.0 Å². The first-order valence-corrected chi connectivity index (χ1v) is 4.74. The van der Waals surface area contributed by atoms with Crippen molar-refractivity contribution in [1.82, 2.24) is 9.55 Å². The summed E-state index contributed by atoms with van der Waals surface area (Å²) in [6, 6.07) is 2.22. The van der Waals surface area contributed by atoms with Crippen molar-refractivity contribution in [2.24, 2.45) is 7.05 Å². The van der Waals surface area contributed by atoms with Crippen LogP contribution in [0.2, 0.25) is 0 Å². The Morgan fingerprint density at radius 1 is 1.54 bits per heavy atom. The summed E-state index contributed by atoms with van der Waals surface area (Å²) in [7, 11) is 1.88. The summed E-state index contributed by atoms with van der Waals surface area (Å²) in [5.74, 6) is 0.538. The molecule has 3 nitrogen and oxygen atoms in total. The van der Waals surface area contributed by atoms with E-state index in [0.29, 0.717) is 5.92 Å². The van der Waals surface area contributed by atoms with Gasteiger partial charge in [0.15, 0.2) is 0 Å². The smallest absolute Gasteiger partial charge is 0.143 e. The summed E-state index contributed by atoms with van der Waals surface area (Å²) in [6.07, 6.45) is 6.71. The Morgan fingerprint density at radius 3 is 2.85 bits per heavy atom. The highest BCUT2D eigenvalue weighted by atomic mass is 15.0. The van der Waals surface area contributed by atoms with Gasteiger partial charge in [-0.1, -0.05) is 12.8 Å². The molecule has 3 heteroatoms. The number of hydrogen-bond acceptors (Lipinski definition) is 2. The molecule has 1 saturated carbocycles. The topological polar surface area (TPSA) is 41.6 Å². The second-order valence-corrected chi connectivity index (χ2v) is 3.68. The summed E-state index contributed by atoms with van der Waals surface area (Å²) in [5.41, 5.74) is 1.76. The van der Waals surface area contributed by atoms with E-state index in [-0.39, 0.29) is 0 Å². The lowest BCUT2D eigenvalue weighted by atomic mass is 10.0. The second-order valence-electron chi connectivity index (χ2n) is 3.68. The van der Waals surface area contributed by atoms with Gasteiger partial charge in [-0.05, 0) is 12.8 Å². The van der Waals surface area contributed by atoms with Gasteiger partial charge in [-0.15, -0.1) is 0 Å². The van der Waals surface area contributed by atoms with Gasteiger partial charge in [0.1, 0.15) is 11.8 Å². The molecule has 1 aromatic heterocycles.